The van der Waals surface area contributed by atoms with E-state index < -0.39 is 10.0 Å². The van der Waals surface area contributed by atoms with Gasteiger partial charge in [-0.3, -0.25) is 0 Å². The van der Waals surface area contributed by atoms with Gasteiger partial charge in [0.25, 0.3) is 0 Å². The molecule has 0 fully saturated rings. The quantitative estimate of drug-likeness (QED) is 0.843. The van der Waals surface area contributed by atoms with Crippen LogP contribution in [0.4, 0.5) is 0 Å². The van der Waals surface area contributed by atoms with Gasteiger partial charge < -0.3 is 0 Å². The Morgan fingerprint density at radius 2 is 1.64 bits per heavy atom. The Labute approximate surface area is 97.0 Å². The van der Waals surface area contributed by atoms with Gasteiger partial charge in [0, 0.05) is 0 Å². The number of hydrogen-bond donors (Lipinski definition) is 1. The first kappa shape index (κ1) is 12.1. The van der Waals surface area contributed by atoms with E-state index >= 15 is 0 Å². The van der Waals surface area contributed by atoms with Crippen molar-refractivity contribution < 1.29 is 8.42 Å². The van der Waals surface area contributed by atoms with Crippen molar-refractivity contribution in [1.29, 1.82) is 0 Å². The number of sulfonamides is 1. The van der Waals surface area contributed by atoms with Crippen LogP contribution < -0.4 is 4.72 Å². The standard InChI is InChI=1S/C7H6Cl3NO2S/c1-11-14(12,13)7-5(9)3-2-4(8)6(7)10/h2-3,11H,1H3. The highest BCUT2D eigenvalue weighted by Crippen LogP contribution is 2.34. The van der Waals surface area contributed by atoms with Crippen LogP contribution in [0.2, 0.25) is 15.1 Å². The summed E-state index contributed by atoms with van der Waals surface area (Å²) in [6, 6.07) is 2.81. The van der Waals surface area contributed by atoms with E-state index in [1.165, 1.54) is 19.2 Å². The van der Waals surface area contributed by atoms with E-state index in [1.54, 1.807) is 0 Å². The molecule has 1 N–H and O–H groups in total. The Morgan fingerprint density at radius 1 is 1.14 bits per heavy atom. The highest BCUT2D eigenvalue weighted by atomic mass is 35.5. The van der Waals surface area contributed by atoms with Crippen LogP contribution in [0.3, 0.4) is 0 Å². The second-order valence-electron chi connectivity index (χ2n) is 2.38. The van der Waals surface area contributed by atoms with Gasteiger partial charge >= 0.3 is 0 Å². The van der Waals surface area contributed by atoms with Crippen LogP contribution in [0.25, 0.3) is 0 Å². The van der Waals surface area contributed by atoms with Gasteiger partial charge in [0.1, 0.15) is 4.90 Å². The van der Waals surface area contributed by atoms with E-state index in [-0.39, 0.29) is 20.0 Å². The SMILES string of the molecule is CNS(=O)(=O)c1c(Cl)ccc(Cl)c1Cl. The summed E-state index contributed by atoms with van der Waals surface area (Å²) in [5, 5.41) is 0.104. The highest BCUT2D eigenvalue weighted by Gasteiger charge is 2.21. The molecular weight excluding hydrogens is 269 g/mol. The Kier molecular flexibility index (Phi) is 3.66. The molecular formula is C7H6Cl3NO2S. The molecule has 0 aliphatic heterocycles. The zero-order chi connectivity index (χ0) is 10.9. The average Bonchev–Trinajstić information content (AvgIpc) is 2.12. The minimum Gasteiger partial charge on any atom is -0.214 e. The summed E-state index contributed by atoms with van der Waals surface area (Å²) in [6.07, 6.45) is 0. The third kappa shape index (κ3) is 2.15. The van der Waals surface area contributed by atoms with Crippen molar-refractivity contribution in [2.24, 2.45) is 0 Å². The van der Waals surface area contributed by atoms with E-state index in [0.29, 0.717) is 0 Å². The van der Waals surface area contributed by atoms with Crippen LogP contribution in [0, 0.1) is 0 Å². The van der Waals surface area contributed by atoms with Crippen molar-refractivity contribution in [2.75, 3.05) is 7.05 Å². The lowest BCUT2D eigenvalue weighted by Gasteiger charge is -2.07. The summed E-state index contributed by atoms with van der Waals surface area (Å²) in [4.78, 5) is -0.198. The molecule has 7 heteroatoms. The molecule has 14 heavy (non-hydrogen) atoms. The third-order valence-corrected chi connectivity index (χ3v) is 4.38. The van der Waals surface area contributed by atoms with E-state index in [2.05, 4.69) is 4.72 Å². The smallest absolute Gasteiger partial charge is 0.214 e. The first-order chi connectivity index (χ1) is 6.40. The maximum atomic E-state index is 11.5. The van der Waals surface area contributed by atoms with Gasteiger partial charge in [-0.1, -0.05) is 34.8 Å². The molecule has 0 saturated heterocycles. The molecule has 0 aromatic heterocycles. The van der Waals surface area contributed by atoms with Crippen LogP contribution in [0.1, 0.15) is 0 Å². The van der Waals surface area contributed by atoms with Crippen LogP contribution in [0.5, 0.6) is 0 Å². The normalized spacial score (nSPS) is 11.7. The Morgan fingerprint density at radius 3 is 2.14 bits per heavy atom. The minimum absolute atomic E-state index is 0.0359. The molecule has 0 heterocycles. The number of hydrogen-bond acceptors (Lipinski definition) is 2. The van der Waals surface area contributed by atoms with Crippen LogP contribution in [-0.4, -0.2) is 15.5 Å². The first-order valence-corrected chi connectivity index (χ1v) is 6.09. The summed E-state index contributed by atoms with van der Waals surface area (Å²) < 4.78 is 25.0. The zero-order valence-corrected chi connectivity index (χ0v) is 10.1. The number of halogens is 3. The molecule has 78 valence electrons. The molecule has 1 rings (SSSR count). The lowest BCUT2D eigenvalue weighted by atomic mass is 10.4. The molecule has 0 bridgehead atoms. The minimum atomic E-state index is -3.68. The largest absolute Gasteiger partial charge is 0.243 e. The molecule has 0 aliphatic rings. The molecule has 0 saturated carbocycles. The summed E-state index contributed by atoms with van der Waals surface area (Å²) in [7, 11) is -2.41. The monoisotopic (exact) mass is 273 g/mol. The lowest BCUT2D eigenvalue weighted by molar-refractivity contribution is 0.588. The molecule has 0 amide bonds. The topological polar surface area (TPSA) is 46.2 Å². The fraction of sp³-hybridized carbons (Fsp3) is 0.143. The number of benzene rings is 1. The Balaban J connectivity index is 3.56. The molecule has 0 unspecified atom stereocenters. The van der Waals surface area contributed by atoms with Gasteiger partial charge in [-0.05, 0) is 19.2 Å². The van der Waals surface area contributed by atoms with Crippen molar-refractivity contribution in [1.82, 2.24) is 4.72 Å². The molecule has 3 nitrogen and oxygen atoms in total. The van der Waals surface area contributed by atoms with Gasteiger partial charge in [0.2, 0.25) is 10.0 Å². The number of nitrogens with one attached hydrogen (secondary N) is 1. The predicted molar refractivity (Wildman–Crippen MR) is 57.7 cm³/mol. The van der Waals surface area contributed by atoms with Gasteiger partial charge in [-0.25, -0.2) is 13.1 Å². The first-order valence-electron chi connectivity index (χ1n) is 3.47. The predicted octanol–water partition coefficient (Wildman–Crippen LogP) is 2.55. The lowest BCUT2D eigenvalue weighted by Crippen LogP contribution is -2.19. The highest BCUT2D eigenvalue weighted by molar-refractivity contribution is 7.89. The van der Waals surface area contributed by atoms with Gasteiger partial charge in [0.05, 0.1) is 15.1 Å². The van der Waals surface area contributed by atoms with Crippen LogP contribution in [-0.2, 0) is 10.0 Å². The van der Waals surface area contributed by atoms with Crippen molar-refractivity contribution in [3.63, 3.8) is 0 Å². The maximum Gasteiger partial charge on any atom is 0.243 e. The third-order valence-electron chi connectivity index (χ3n) is 1.54. The summed E-state index contributed by atoms with van der Waals surface area (Å²) in [6.45, 7) is 0. The Bertz CT molecular complexity index is 458. The van der Waals surface area contributed by atoms with Crippen LogP contribution >= 0.6 is 34.8 Å². The van der Waals surface area contributed by atoms with Crippen molar-refractivity contribution in [2.45, 2.75) is 4.90 Å². The maximum absolute atomic E-state index is 11.5. The molecule has 1 aromatic carbocycles. The van der Waals surface area contributed by atoms with Crippen molar-refractivity contribution >= 4 is 44.8 Å². The van der Waals surface area contributed by atoms with Crippen molar-refractivity contribution in [3.05, 3.63) is 27.2 Å². The van der Waals surface area contributed by atoms with Crippen LogP contribution in [0.15, 0.2) is 17.0 Å². The fourth-order valence-electron chi connectivity index (χ4n) is 0.857. The zero-order valence-electron chi connectivity index (χ0n) is 7.01. The molecule has 0 spiro atoms. The fourth-order valence-corrected chi connectivity index (χ4v) is 2.93. The molecule has 0 aliphatic carbocycles. The second-order valence-corrected chi connectivity index (χ2v) is 5.40. The summed E-state index contributed by atoms with van der Waals surface area (Å²) in [5.74, 6) is 0. The average molecular weight is 275 g/mol. The Hall–Kier alpha value is -0.000000000000000111. The van der Waals surface area contributed by atoms with E-state index in [9.17, 15) is 8.42 Å². The van der Waals surface area contributed by atoms with Gasteiger partial charge in [-0.15, -0.1) is 0 Å². The van der Waals surface area contributed by atoms with E-state index in [0.717, 1.165) is 0 Å². The van der Waals surface area contributed by atoms with E-state index in [1.807, 2.05) is 0 Å². The molecule has 0 atom stereocenters. The van der Waals surface area contributed by atoms with Crippen molar-refractivity contribution in [3.8, 4) is 0 Å². The number of rotatable bonds is 2. The summed E-state index contributed by atoms with van der Waals surface area (Å²) in [5.41, 5.74) is 0. The molecule has 1 aromatic rings. The van der Waals surface area contributed by atoms with E-state index in [4.69, 9.17) is 34.8 Å². The van der Waals surface area contributed by atoms with Gasteiger partial charge in [-0.2, -0.15) is 0 Å². The second kappa shape index (κ2) is 4.24. The van der Waals surface area contributed by atoms with Gasteiger partial charge in [0.15, 0.2) is 0 Å². The summed E-state index contributed by atoms with van der Waals surface area (Å²) >= 11 is 17.1. The molecule has 0 radical (unpaired) electrons.